The number of hydrogen-bond acceptors (Lipinski definition) is 6. The van der Waals surface area contributed by atoms with Gasteiger partial charge in [0.25, 0.3) is 0 Å². The monoisotopic (exact) mass is 304 g/mol. The van der Waals surface area contributed by atoms with Gasteiger partial charge in [-0.3, -0.25) is 9.98 Å². The molecule has 1 aromatic carbocycles. The SMILES string of the molecule is COC(=O)[C@H]1CSC(C2=Nc3ccc(OC)cc3CC2)=N1. The lowest BCUT2D eigenvalue weighted by Gasteiger charge is -2.15. The molecule has 1 aromatic rings. The summed E-state index contributed by atoms with van der Waals surface area (Å²) in [5, 5.41) is 0.867. The number of ether oxygens (including phenoxy) is 2. The van der Waals surface area contributed by atoms with Crippen molar-refractivity contribution in [3.8, 4) is 5.75 Å². The summed E-state index contributed by atoms with van der Waals surface area (Å²) in [5.41, 5.74) is 3.11. The number of methoxy groups -OCH3 is 2. The van der Waals surface area contributed by atoms with Gasteiger partial charge in [-0.2, -0.15) is 0 Å². The maximum absolute atomic E-state index is 11.5. The Morgan fingerprint density at radius 1 is 1.33 bits per heavy atom. The zero-order chi connectivity index (χ0) is 14.8. The largest absolute Gasteiger partial charge is 0.497 e. The molecule has 0 bridgehead atoms. The minimum atomic E-state index is -0.394. The summed E-state index contributed by atoms with van der Waals surface area (Å²) < 4.78 is 9.97. The minimum Gasteiger partial charge on any atom is -0.497 e. The van der Waals surface area contributed by atoms with E-state index in [2.05, 4.69) is 9.98 Å². The van der Waals surface area contributed by atoms with Crippen molar-refractivity contribution < 1.29 is 14.3 Å². The normalized spacial score (nSPS) is 20.4. The molecule has 0 amide bonds. The standard InChI is InChI=1S/C15H16N2O3S/c1-19-10-4-6-11-9(7-10)3-5-12(16-11)14-17-13(8-21-14)15(18)20-2/h4,6-7,13H,3,5,8H2,1-2H3/t13-/m1/s1. The Bertz CT molecular complexity index is 640. The van der Waals surface area contributed by atoms with Gasteiger partial charge in [0.1, 0.15) is 10.8 Å². The molecule has 0 N–H and O–H groups in total. The fourth-order valence-electron chi connectivity index (χ4n) is 2.40. The van der Waals surface area contributed by atoms with Gasteiger partial charge < -0.3 is 9.47 Å². The zero-order valence-corrected chi connectivity index (χ0v) is 12.8. The van der Waals surface area contributed by atoms with E-state index in [1.165, 1.54) is 12.7 Å². The number of esters is 1. The molecule has 0 saturated carbocycles. The number of benzene rings is 1. The zero-order valence-electron chi connectivity index (χ0n) is 12.0. The second-order valence-electron chi connectivity index (χ2n) is 4.84. The summed E-state index contributed by atoms with van der Waals surface area (Å²) in [6, 6.07) is 5.50. The smallest absolute Gasteiger partial charge is 0.331 e. The number of thioether (sulfide) groups is 1. The molecule has 3 rings (SSSR count). The Hall–Kier alpha value is -1.82. The van der Waals surface area contributed by atoms with Crippen molar-refractivity contribution in [1.82, 2.24) is 0 Å². The summed E-state index contributed by atoms with van der Waals surface area (Å²) in [6.07, 6.45) is 1.74. The van der Waals surface area contributed by atoms with Crippen LogP contribution in [0, 0.1) is 0 Å². The molecule has 1 atom stereocenters. The van der Waals surface area contributed by atoms with E-state index in [-0.39, 0.29) is 5.97 Å². The van der Waals surface area contributed by atoms with E-state index < -0.39 is 6.04 Å². The van der Waals surface area contributed by atoms with Crippen LogP contribution in [-0.2, 0) is 16.0 Å². The van der Waals surface area contributed by atoms with Crippen molar-refractivity contribution in [1.29, 1.82) is 0 Å². The van der Waals surface area contributed by atoms with Crippen molar-refractivity contribution >= 4 is 34.2 Å². The summed E-state index contributed by atoms with van der Waals surface area (Å²) in [5.74, 6) is 1.21. The molecule has 0 radical (unpaired) electrons. The predicted molar refractivity (Wildman–Crippen MR) is 84.1 cm³/mol. The van der Waals surface area contributed by atoms with Gasteiger partial charge in [0.15, 0.2) is 6.04 Å². The molecule has 0 unspecified atom stereocenters. The molecule has 110 valence electrons. The van der Waals surface area contributed by atoms with Crippen LogP contribution < -0.4 is 4.74 Å². The van der Waals surface area contributed by atoms with Gasteiger partial charge in [-0.15, -0.1) is 11.8 Å². The van der Waals surface area contributed by atoms with Crippen LogP contribution >= 0.6 is 11.8 Å². The van der Waals surface area contributed by atoms with Crippen molar-refractivity contribution in [2.75, 3.05) is 20.0 Å². The van der Waals surface area contributed by atoms with Crippen LogP contribution in [0.25, 0.3) is 0 Å². The van der Waals surface area contributed by atoms with Crippen LogP contribution in [0.4, 0.5) is 5.69 Å². The van der Waals surface area contributed by atoms with Gasteiger partial charge in [-0.1, -0.05) is 0 Å². The van der Waals surface area contributed by atoms with Crippen LogP contribution in [0.2, 0.25) is 0 Å². The summed E-state index contributed by atoms with van der Waals surface area (Å²) >= 11 is 1.58. The van der Waals surface area contributed by atoms with Gasteiger partial charge in [0.2, 0.25) is 0 Å². The molecule has 2 aliphatic rings. The van der Waals surface area contributed by atoms with Gasteiger partial charge >= 0.3 is 5.97 Å². The minimum absolute atomic E-state index is 0.279. The number of rotatable bonds is 3. The number of hydrogen-bond donors (Lipinski definition) is 0. The maximum Gasteiger partial charge on any atom is 0.331 e. The first-order valence-electron chi connectivity index (χ1n) is 6.74. The van der Waals surface area contributed by atoms with Crippen molar-refractivity contribution in [3.05, 3.63) is 23.8 Å². The second kappa shape index (κ2) is 5.89. The molecule has 0 aliphatic carbocycles. The van der Waals surface area contributed by atoms with E-state index >= 15 is 0 Å². The van der Waals surface area contributed by atoms with Gasteiger partial charge in [-0.05, 0) is 36.6 Å². The van der Waals surface area contributed by atoms with Crippen molar-refractivity contribution in [2.24, 2.45) is 9.98 Å². The maximum atomic E-state index is 11.5. The van der Waals surface area contributed by atoms with Crippen LogP contribution in [0.5, 0.6) is 5.75 Å². The Kier molecular flexibility index (Phi) is 3.96. The highest BCUT2D eigenvalue weighted by Gasteiger charge is 2.29. The number of fused-ring (bicyclic) bond motifs is 1. The van der Waals surface area contributed by atoms with Crippen LogP contribution in [0.1, 0.15) is 12.0 Å². The van der Waals surface area contributed by atoms with Gasteiger partial charge in [-0.25, -0.2) is 4.79 Å². The number of carbonyl (C=O) groups excluding carboxylic acids is 1. The first-order valence-corrected chi connectivity index (χ1v) is 7.73. The second-order valence-corrected chi connectivity index (χ2v) is 5.85. The quantitative estimate of drug-likeness (QED) is 0.805. The summed E-state index contributed by atoms with van der Waals surface area (Å²) in [7, 11) is 3.05. The van der Waals surface area contributed by atoms with Gasteiger partial charge in [0, 0.05) is 5.75 Å². The number of aliphatic imine (C=N–C) groups is 2. The third kappa shape index (κ3) is 2.81. The number of carbonyl (C=O) groups is 1. The Morgan fingerprint density at radius 3 is 2.95 bits per heavy atom. The van der Waals surface area contributed by atoms with E-state index in [0.29, 0.717) is 5.75 Å². The van der Waals surface area contributed by atoms with Gasteiger partial charge in [0.05, 0.1) is 25.6 Å². The van der Waals surface area contributed by atoms with Crippen LogP contribution in [-0.4, -0.2) is 42.7 Å². The molecule has 0 spiro atoms. The number of aryl methyl sites for hydroxylation is 1. The first-order chi connectivity index (χ1) is 10.2. The molecule has 2 heterocycles. The number of nitrogens with zero attached hydrogens (tertiary/aromatic N) is 2. The molecular formula is C15H16N2O3S. The highest BCUT2D eigenvalue weighted by Crippen LogP contribution is 2.32. The molecule has 5 nitrogen and oxygen atoms in total. The molecular weight excluding hydrogens is 288 g/mol. The fraction of sp³-hybridized carbons (Fsp3) is 0.400. The molecule has 0 saturated heterocycles. The average Bonchev–Trinajstić information content (AvgIpc) is 3.03. The summed E-state index contributed by atoms with van der Waals surface area (Å²) in [6.45, 7) is 0. The van der Waals surface area contributed by atoms with E-state index in [1.54, 1.807) is 18.9 Å². The predicted octanol–water partition coefficient (Wildman–Crippen LogP) is 2.40. The average molecular weight is 304 g/mol. The van der Waals surface area contributed by atoms with E-state index in [0.717, 1.165) is 35.0 Å². The van der Waals surface area contributed by atoms with E-state index in [9.17, 15) is 4.79 Å². The third-order valence-corrected chi connectivity index (χ3v) is 4.64. The molecule has 2 aliphatic heterocycles. The highest BCUT2D eigenvalue weighted by atomic mass is 32.2. The lowest BCUT2D eigenvalue weighted by molar-refractivity contribution is -0.141. The lowest BCUT2D eigenvalue weighted by Crippen LogP contribution is -2.20. The topological polar surface area (TPSA) is 60.2 Å². The van der Waals surface area contributed by atoms with Crippen LogP contribution in [0.15, 0.2) is 28.2 Å². The Morgan fingerprint density at radius 2 is 2.19 bits per heavy atom. The molecule has 0 fully saturated rings. The Balaban J connectivity index is 1.84. The molecule has 21 heavy (non-hydrogen) atoms. The fourth-order valence-corrected chi connectivity index (χ4v) is 3.44. The van der Waals surface area contributed by atoms with Crippen molar-refractivity contribution in [2.45, 2.75) is 18.9 Å². The lowest BCUT2D eigenvalue weighted by atomic mass is 10.0. The highest BCUT2D eigenvalue weighted by molar-refractivity contribution is 8.16. The van der Waals surface area contributed by atoms with E-state index in [4.69, 9.17) is 9.47 Å². The Labute approximate surface area is 127 Å². The molecule has 6 heteroatoms. The van der Waals surface area contributed by atoms with E-state index in [1.807, 2.05) is 18.2 Å². The first kappa shape index (κ1) is 14.1. The summed E-state index contributed by atoms with van der Waals surface area (Å²) in [4.78, 5) is 20.6. The van der Waals surface area contributed by atoms with Crippen LogP contribution in [0.3, 0.4) is 0 Å². The third-order valence-electron chi connectivity index (χ3n) is 3.54. The van der Waals surface area contributed by atoms with Crippen molar-refractivity contribution in [3.63, 3.8) is 0 Å². The molecule has 0 aromatic heterocycles.